The molecule has 102 valence electrons. The molecule has 1 unspecified atom stereocenters. The van der Waals surface area contributed by atoms with E-state index < -0.39 is 0 Å². The van der Waals surface area contributed by atoms with Gasteiger partial charge in [-0.05, 0) is 40.4 Å². The molecule has 2 aromatic rings. The van der Waals surface area contributed by atoms with Crippen LogP contribution < -0.4 is 11.3 Å². The van der Waals surface area contributed by atoms with Gasteiger partial charge in [-0.2, -0.15) is 5.10 Å². The van der Waals surface area contributed by atoms with Gasteiger partial charge in [0.2, 0.25) is 0 Å². The maximum absolute atomic E-state index is 14.0. The number of aromatic nitrogens is 2. The molecule has 6 heteroatoms. The molecule has 0 aliphatic carbocycles. The number of aryl methyl sites for hydroxylation is 2. The summed E-state index contributed by atoms with van der Waals surface area (Å²) in [5.41, 5.74) is 4.35. The number of nitrogens with zero attached hydrogens (tertiary/aromatic N) is 2. The number of hydrazine groups is 1. The van der Waals surface area contributed by atoms with Gasteiger partial charge in [0.25, 0.3) is 0 Å². The van der Waals surface area contributed by atoms with Crippen LogP contribution >= 0.6 is 15.9 Å². The lowest BCUT2D eigenvalue weighted by molar-refractivity contribution is 0.483. The third-order valence-corrected chi connectivity index (χ3v) is 3.65. The van der Waals surface area contributed by atoms with E-state index in [0.717, 1.165) is 12.0 Å². The molecule has 1 aromatic heterocycles. The fourth-order valence-electron chi connectivity index (χ4n) is 2.03. The first-order valence-electron chi connectivity index (χ1n) is 5.99. The molecular formula is C13H16BrFN4. The molecule has 0 saturated carbocycles. The van der Waals surface area contributed by atoms with Gasteiger partial charge in [0, 0.05) is 24.8 Å². The molecule has 1 atom stereocenters. The Balaban J connectivity index is 2.09. The van der Waals surface area contributed by atoms with Crippen molar-refractivity contribution in [2.75, 3.05) is 0 Å². The fourth-order valence-corrected chi connectivity index (χ4v) is 2.41. The van der Waals surface area contributed by atoms with E-state index >= 15 is 0 Å². The molecule has 0 bridgehead atoms. The summed E-state index contributed by atoms with van der Waals surface area (Å²) in [6.07, 6.45) is 5.25. The normalized spacial score (nSPS) is 12.6. The van der Waals surface area contributed by atoms with Gasteiger partial charge in [0.15, 0.2) is 0 Å². The minimum atomic E-state index is -0.267. The Labute approximate surface area is 119 Å². The Morgan fingerprint density at radius 3 is 2.95 bits per heavy atom. The summed E-state index contributed by atoms with van der Waals surface area (Å²) < 4.78 is 16.2. The average molecular weight is 327 g/mol. The van der Waals surface area contributed by atoms with E-state index in [1.54, 1.807) is 22.9 Å². The largest absolute Gasteiger partial charge is 0.276 e. The maximum atomic E-state index is 14.0. The highest BCUT2D eigenvalue weighted by Crippen LogP contribution is 2.26. The van der Waals surface area contributed by atoms with Gasteiger partial charge in [-0.25, -0.2) is 4.39 Å². The Kier molecular flexibility index (Phi) is 4.68. The number of hydrogen-bond acceptors (Lipinski definition) is 3. The lowest BCUT2D eigenvalue weighted by Gasteiger charge is -2.17. The number of hydrogen-bond donors (Lipinski definition) is 2. The molecule has 2 rings (SSSR count). The van der Waals surface area contributed by atoms with E-state index in [0.29, 0.717) is 16.5 Å². The summed E-state index contributed by atoms with van der Waals surface area (Å²) in [5.74, 6) is 5.27. The van der Waals surface area contributed by atoms with Crippen molar-refractivity contribution in [3.05, 3.63) is 52.0 Å². The van der Waals surface area contributed by atoms with Crippen molar-refractivity contribution in [2.24, 2.45) is 12.9 Å². The van der Waals surface area contributed by atoms with Crippen molar-refractivity contribution in [2.45, 2.75) is 18.9 Å². The van der Waals surface area contributed by atoms with Gasteiger partial charge in [-0.1, -0.05) is 12.1 Å². The molecule has 0 spiro atoms. The van der Waals surface area contributed by atoms with Crippen molar-refractivity contribution < 1.29 is 4.39 Å². The van der Waals surface area contributed by atoms with Crippen LogP contribution in [0.2, 0.25) is 0 Å². The highest BCUT2D eigenvalue weighted by molar-refractivity contribution is 9.10. The zero-order chi connectivity index (χ0) is 13.8. The van der Waals surface area contributed by atoms with Crippen LogP contribution in [0.25, 0.3) is 0 Å². The van der Waals surface area contributed by atoms with Crippen LogP contribution in [0.3, 0.4) is 0 Å². The van der Waals surface area contributed by atoms with E-state index in [-0.39, 0.29) is 11.9 Å². The second kappa shape index (κ2) is 6.27. The van der Waals surface area contributed by atoms with Crippen molar-refractivity contribution in [1.29, 1.82) is 0 Å². The Bertz CT molecular complexity index is 555. The van der Waals surface area contributed by atoms with Crippen LogP contribution in [0.4, 0.5) is 4.39 Å². The van der Waals surface area contributed by atoms with Crippen LogP contribution in [0, 0.1) is 5.82 Å². The average Bonchev–Trinajstić information content (AvgIpc) is 2.81. The summed E-state index contributed by atoms with van der Waals surface area (Å²) in [7, 11) is 1.87. The van der Waals surface area contributed by atoms with Gasteiger partial charge in [-0.15, -0.1) is 0 Å². The van der Waals surface area contributed by atoms with Crippen LogP contribution in [0.15, 0.2) is 35.1 Å². The van der Waals surface area contributed by atoms with Gasteiger partial charge in [-0.3, -0.25) is 16.0 Å². The highest BCUT2D eigenvalue weighted by Gasteiger charge is 2.16. The van der Waals surface area contributed by atoms with Crippen LogP contribution in [0.5, 0.6) is 0 Å². The molecule has 19 heavy (non-hydrogen) atoms. The summed E-state index contributed by atoms with van der Waals surface area (Å²) in [6, 6.07) is 5.00. The van der Waals surface area contributed by atoms with E-state index in [4.69, 9.17) is 5.84 Å². The van der Waals surface area contributed by atoms with Crippen molar-refractivity contribution in [3.63, 3.8) is 0 Å². The SMILES string of the molecule is Cn1cc(CCC(NN)c2cccc(Br)c2F)cn1. The zero-order valence-corrected chi connectivity index (χ0v) is 12.2. The molecule has 0 amide bonds. The molecule has 0 radical (unpaired) electrons. The third kappa shape index (κ3) is 3.40. The van der Waals surface area contributed by atoms with Crippen LogP contribution in [-0.2, 0) is 13.5 Å². The van der Waals surface area contributed by atoms with E-state index in [1.807, 2.05) is 19.4 Å². The molecule has 0 aliphatic heterocycles. The summed E-state index contributed by atoms with van der Waals surface area (Å²) in [5, 5.41) is 4.11. The second-order valence-corrected chi connectivity index (χ2v) is 5.28. The predicted octanol–water partition coefficient (Wildman–Crippen LogP) is 2.46. The summed E-state index contributed by atoms with van der Waals surface area (Å²) >= 11 is 3.19. The first-order valence-corrected chi connectivity index (χ1v) is 6.78. The summed E-state index contributed by atoms with van der Waals surface area (Å²) in [4.78, 5) is 0. The Morgan fingerprint density at radius 1 is 1.53 bits per heavy atom. The number of halogens is 2. The van der Waals surface area contributed by atoms with Crippen molar-refractivity contribution in [1.82, 2.24) is 15.2 Å². The molecule has 4 nitrogen and oxygen atoms in total. The quantitative estimate of drug-likeness (QED) is 0.655. The van der Waals surface area contributed by atoms with Gasteiger partial charge < -0.3 is 0 Å². The van der Waals surface area contributed by atoms with Gasteiger partial charge >= 0.3 is 0 Å². The van der Waals surface area contributed by atoms with Gasteiger partial charge in [0.05, 0.1) is 10.7 Å². The van der Waals surface area contributed by atoms with E-state index in [2.05, 4.69) is 26.5 Å². The number of nitrogens with two attached hydrogens (primary N) is 1. The molecule has 0 saturated heterocycles. The van der Waals surface area contributed by atoms with E-state index in [1.165, 1.54) is 0 Å². The monoisotopic (exact) mass is 326 g/mol. The number of benzene rings is 1. The molecule has 0 aliphatic rings. The van der Waals surface area contributed by atoms with Crippen LogP contribution in [0.1, 0.15) is 23.6 Å². The molecule has 3 N–H and O–H groups in total. The molecule has 1 heterocycles. The molecular weight excluding hydrogens is 311 g/mol. The second-order valence-electron chi connectivity index (χ2n) is 4.42. The minimum absolute atomic E-state index is 0.224. The standard InChI is InChI=1S/C13H16BrFN4/c1-19-8-9(7-17-19)5-6-12(18-16)10-3-2-4-11(14)13(10)15/h2-4,7-8,12,18H,5-6,16H2,1H3. The van der Waals surface area contributed by atoms with Gasteiger partial charge in [0.1, 0.15) is 5.82 Å². The number of nitrogens with one attached hydrogen (secondary N) is 1. The predicted molar refractivity (Wildman–Crippen MR) is 75.7 cm³/mol. The first-order chi connectivity index (χ1) is 9.11. The Hall–Kier alpha value is -1.24. The third-order valence-electron chi connectivity index (χ3n) is 3.04. The smallest absolute Gasteiger partial charge is 0.142 e. The highest BCUT2D eigenvalue weighted by atomic mass is 79.9. The number of rotatable bonds is 5. The van der Waals surface area contributed by atoms with Crippen molar-refractivity contribution in [3.8, 4) is 0 Å². The maximum Gasteiger partial charge on any atom is 0.142 e. The summed E-state index contributed by atoms with van der Waals surface area (Å²) in [6.45, 7) is 0. The van der Waals surface area contributed by atoms with Crippen LogP contribution in [-0.4, -0.2) is 9.78 Å². The van der Waals surface area contributed by atoms with E-state index in [9.17, 15) is 4.39 Å². The fraction of sp³-hybridized carbons (Fsp3) is 0.308. The molecule has 1 aromatic carbocycles. The van der Waals surface area contributed by atoms with Crippen molar-refractivity contribution >= 4 is 15.9 Å². The molecule has 0 fully saturated rings. The minimum Gasteiger partial charge on any atom is -0.276 e. The zero-order valence-electron chi connectivity index (χ0n) is 10.6. The lowest BCUT2D eigenvalue weighted by atomic mass is 10.0. The lowest BCUT2D eigenvalue weighted by Crippen LogP contribution is -2.29. The Morgan fingerprint density at radius 2 is 2.32 bits per heavy atom. The topological polar surface area (TPSA) is 55.9 Å². The first kappa shape index (κ1) is 14.2.